The third kappa shape index (κ3) is 3.99. The SMILES string of the molecule is Cc1cccc(NC(=O)c2cc(-c3cnn(-c4ccc(F)cc4)c3C)nc3ccccc23)c1. The van der Waals surface area contributed by atoms with Crippen molar-refractivity contribution in [3.8, 4) is 16.9 Å². The van der Waals surface area contributed by atoms with E-state index in [9.17, 15) is 9.18 Å². The van der Waals surface area contributed by atoms with E-state index in [0.29, 0.717) is 11.3 Å². The highest BCUT2D eigenvalue weighted by atomic mass is 19.1. The zero-order valence-electron chi connectivity index (χ0n) is 18.2. The minimum atomic E-state index is -0.302. The molecule has 0 saturated heterocycles. The molecule has 2 heterocycles. The zero-order chi connectivity index (χ0) is 22.9. The van der Waals surface area contributed by atoms with Crippen LogP contribution in [0, 0.1) is 19.7 Å². The zero-order valence-corrected chi connectivity index (χ0v) is 18.2. The molecular formula is C27H21FN4O. The number of benzene rings is 3. The Hall–Kier alpha value is -4.32. The van der Waals surface area contributed by atoms with E-state index in [0.717, 1.165) is 39.1 Å². The standard InChI is InChI=1S/C27H21FN4O/c1-17-6-5-7-20(14-17)30-27(33)23-15-26(31-25-9-4-3-8-22(23)25)24-16-29-32(18(24)2)21-12-10-19(28)11-13-21/h3-16H,1-2H3,(H,30,33). The lowest BCUT2D eigenvalue weighted by Crippen LogP contribution is -2.13. The van der Waals surface area contributed by atoms with Gasteiger partial charge in [0.1, 0.15) is 5.82 Å². The molecule has 0 bridgehead atoms. The second-order valence-electron chi connectivity index (χ2n) is 7.93. The first-order valence-corrected chi connectivity index (χ1v) is 10.6. The number of aromatic nitrogens is 3. The molecule has 0 saturated carbocycles. The Bertz CT molecular complexity index is 1490. The van der Waals surface area contributed by atoms with E-state index in [4.69, 9.17) is 4.98 Å². The quantitative estimate of drug-likeness (QED) is 0.371. The molecule has 5 rings (SSSR count). The Morgan fingerprint density at radius 3 is 2.52 bits per heavy atom. The van der Waals surface area contributed by atoms with Gasteiger partial charge >= 0.3 is 0 Å². The van der Waals surface area contributed by atoms with E-state index in [1.54, 1.807) is 29.1 Å². The van der Waals surface area contributed by atoms with Crippen LogP contribution in [0.1, 0.15) is 21.6 Å². The molecule has 5 nitrogen and oxygen atoms in total. The van der Waals surface area contributed by atoms with Crippen molar-refractivity contribution in [2.75, 3.05) is 5.32 Å². The third-order valence-electron chi connectivity index (χ3n) is 5.59. The van der Waals surface area contributed by atoms with Crippen LogP contribution < -0.4 is 5.32 Å². The molecule has 0 aliphatic heterocycles. The number of amides is 1. The number of nitrogens with zero attached hydrogens (tertiary/aromatic N) is 3. The van der Waals surface area contributed by atoms with Gasteiger partial charge in [-0.05, 0) is 67.9 Å². The smallest absolute Gasteiger partial charge is 0.256 e. The number of carbonyl (C=O) groups excluding carboxylic acids is 1. The highest BCUT2D eigenvalue weighted by molar-refractivity contribution is 6.13. The lowest BCUT2D eigenvalue weighted by Gasteiger charge is -2.11. The van der Waals surface area contributed by atoms with Crippen LogP contribution in [-0.2, 0) is 0 Å². The summed E-state index contributed by atoms with van der Waals surface area (Å²) < 4.78 is 15.1. The summed E-state index contributed by atoms with van der Waals surface area (Å²) in [5.74, 6) is -0.506. The van der Waals surface area contributed by atoms with Crippen LogP contribution in [0.3, 0.4) is 0 Å². The van der Waals surface area contributed by atoms with E-state index in [2.05, 4.69) is 10.4 Å². The van der Waals surface area contributed by atoms with Gasteiger partial charge in [-0.2, -0.15) is 5.10 Å². The van der Waals surface area contributed by atoms with Crippen molar-refractivity contribution in [2.24, 2.45) is 0 Å². The van der Waals surface area contributed by atoms with E-state index >= 15 is 0 Å². The first kappa shape index (κ1) is 20.6. The summed E-state index contributed by atoms with van der Waals surface area (Å²) in [4.78, 5) is 18.1. The van der Waals surface area contributed by atoms with Gasteiger partial charge in [0.05, 0.1) is 34.4 Å². The number of hydrogen-bond acceptors (Lipinski definition) is 3. The number of hydrogen-bond donors (Lipinski definition) is 1. The Balaban J connectivity index is 1.59. The molecule has 0 fully saturated rings. The molecule has 0 unspecified atom stereocenters. The molecule has 0 spiro atoms. The number of fused-ring (bicyclic) bond motifs is 1. The highest BCUT2D eigenvalue weighted by Gasteiger charge is 2.17. The Kier molecular flexibility index (Phi) is 5.18. The molecular weight excluding hydrogens is 415 g/mol. The number of halogens is 1. The van der Waals surface area contributed by atoms with Crippen molar-refractivity contribution in [1.29, 1.82) is 0 Å². The van der Waals surface area contributed by atoms with Crippen LogP contribution in [-0.4, -0.2) is 20.7 Å². The number of anilines is 1. The maximum Gasteiger partial charge on any atom is 0.256 e. The topological polar surface area (TPSA) is 59.8 Å². The monoisotopic (exact) mass is 436 g/mol. The second-order valence-corrected chi connectivity index (χ2v) is 7.93. The van der Waals surface area contributed by atoms with E-state index in [1.165, 1.54) is 12.1 Å². The van der Waals surface area contributed by atoms with Crippen LogP contribution in [0.25, 0.3) is 27.8 Å². The maximum atomic E-state index is 13.3. The van der Waals surface area contributed by atoms with Crippen LogP contribution >= 0.6 is 0 Å². The molecule has 0 aliphatic rings. The molecule has 1 N–H and O–H groups in total. The van der Waals surface area contributed by atoms with E-state index in [-0.39, 0.29) is 11.7 Å². The fraction of sp³-hybridized carbons (Fsp3) is 0.0741. The molecule has 6 heteroatoms. The summed E-state index contributed by atoms with van der Waals surface area (Å²) in [5.41, 5.74) is 6.10. The average molecular weight is 436 g/mol. The highest BCUT2D eigenvalue weighted by Crippen LogP contribution is 2.29. The summed E-state index contributed by atoms with van der Waals surface area (Å²) in [5, 5.41) is 8.25. The van der Waals surface area contributed by atoms with Gasteiger partial charge in [-0.3, -0.25) is 4.79 Å². The first-order valence-electron chi connectivity index (χ1n) is 10.6. The molecule has 162 valence electrons. The minimum absolute atomic E-state index is 0.205. The number of carbonyl (C=O) groups is 1. The molecule has 0 atom stereocenters. The molecule has 33 heavy (non-hydrogen) atoms. The van der Waals surface area contributed by atoms with Crippen LogP contribution in [0.5, 0.6) is 0 Å². The predicted octanol–water partition coefficient (Wildman–Crippen LogP) is 6.10. The molecule has 3 aromatic carbocycles. The summed E-state index contributed by atoms with van der Waals surface area (Å²) in [7, 11) is 0. The van der Waals surface area contributed by atoms with E-state index in [1.807, 2.05) is 62.4 Å². The Labute approximate surface area is 190 Å². The number of pyridine rings is 1. The third-order valence-corrected chi connectivity index (χ3v) is 5.59. The Morgan fingerprint density at radius 2 is 1.73 bits per heavy atom. The average Bonchev–Trinajstić information content (AvgIpc) is 3.20. The van der Waals surface area contributed by atoms with Crippen LogP contribution in [0.4, 0.5) is 10.1 Å². The predicted molar refractivity (Wildman–Crippen MR) is 128 cm³/mol. The number of rotatable bonds is 4. The largest absolute Gasteiger partial charge is 0.322 e. The van der Waals surface area contributed by atoms with Gasteiger partial charge in [0.15, 0.2) is 0 Å². The summed E-state index contributed by atoms with van der Waals surface area (Å²) in [6, 6.07) is 23.2. The lowest BCUT2D eigenvalue weighted by molar-refractivity contribution is 0.102. The number of aryl methyl sites for hydroxylation is 1. The summed E-state index contributed by atoms with van der Waals surface area (Å²) in [6.45, 7) is 3.91. The molecule has 5 aromatic rings. The van der Waals surface area contributed by atoms with Gasteiger partial charge in [0.25, 0.3) is 5.91 Å². The van der Waals surface area contributed by atoms with Gasteiger partial charge in [-0.25, -0.2) is 14.1 Å². The van der Waals surface area contributed by atoms with Crippen molar-refractivity contribution in [1.82, 2.24) is 14.8 Å². The Morgan fingerprint density at radius 1 is 0.939 bits per heavy atom. The van der Waals surface area contributed by atoms with Gasteiger partial charge in [-0.1, -0.05) is 30.3 Å². The lowest BCUT2D eigenvalue weighted by atomic mass is 10.0. The fourth-order valence-electron chi connectivity index (χ4n) is 3.93. The van der Waals surface area contributed by atoms with Gasteiger partial charge in [0.2, 0.25) is 0 Å². The summed E-state index contributed by atoms with van der Waals surface area (Å²) >= 11 is 0. The first-order chi connectivity index (χ1) is 16.0. The maximum absolute atomic E-state index is 13.3. The molecule has 0 radical (unpaired) electrons. The van der Waals surface area contributed by atoms with E-state index < -0.39 is 0 Å². The van der Waals surface area contributed by atoms with Crippen LogP contribution in [0.15, 0.2) is 85.1 Å². The van der Waals surface area contributed by atoms with Gasteiger partial charge in [0, 0.05) is 16.6 Å². The molecule has 2 aromatic heterocycles. The molecule has 0 aliphatic carbocycles. The van der Waals surface area contributed by atoms with Crippen molar-refractivity contribution in [2.45, 2.75) is 13.8 Å². The van der Waals surface area contributed by atoms with Crippen molar-refractivity contribution in [3.05, 3.63) is 108 Å². The summed E-state index contributed by atoms with van der Waals surface area (Å²) in [6.07, 6.45) is 1.72. The minimum Gasteiger partial charge on any atom is -0.322 e. The van der Waals surface area contributed by atoms with Gasteiger partial charge < -0.3 is 5.32 Å². The van der Waals surface area contributed by atoms with Crippen molar-refractivity contribution < 1.29 is 9.18 Å². The number of para-hydroxylation sites is 1. The normalized spacial score (nSPS) is 11.0. The van der Waals surface area contributed by atoms with Gasteiger partial charge in [-0.15, -0.1) is 0 Å². The van der Waals surface area contributed by atoms with Crippen molar-refractivity contribution >= 4 is 22.5 Å². The van der Waals surface area contributed by atoms with Crippen molar-refractivity contribution in [3.63, 3.8) is 0 Å². The van der Waals surface area contributed by atoms with Crippen LogP contribution in [0.2, 0.25) is 0 Å². The number of nitrogens with one attached hydrogen (secondary N) is 1. The fourth-order valence-corrected chi connectivity index (χ4v) is 3.93. The molecule has 1 amide bonds. The second kappa shape index (κ2) is 8.31.